The van der Waals surface area contributed by atoms with Crippen LogP contribution in [0.25, 0.3) is 0 Å². The lowest BCUT2D eigenvalue weighted by molar-refractivity contribution is -0.158. The highest BCUT2D eigenvalue weighted by molar-refractivity contribution is 5.75. The third-order valence-corrected chi connectivity index (χ3v) is 3.50. The molecule has 98 valence electrons. The quantitative estimate of drug-likeness (QED) is 0.685. The second-order valence-electron chi connectivity index (χ2n) is 4.63. The number of carbonyl (C=O) groups excluding carboxylic acids is 1. The Bertz CT molecular complexity index is 253. The Kier molecular flexibility index (Phi) is 4.76. The molecule has 0 bridgehead atoms. The van der Waals surface area contributed by atoms with Crippen LogP contribution < -0.4 is 0 Å². The van der Waals surface area contributed by atoms with E-state index in [1.54, 1.807) is 0 Å². The van der Waals surface area contributed by atoms with Crippen molar-refractivity contribution >= 4 is 5.97 Å². The minimum absolute atomic E-state index is 0.0832. The average molecular weight is 243 g/mol. The third kappa shape index (κ3) is 3.40. The van der Waals surface area contributed by atoms with E-state index in [9.17, 15) is 4.79 Å². The smallest absolute Gasteiger partial charge is 0.323 e. The highest BCUT2D eigenvalue weighted by Gasteiger charge is 2.31. The van der Waals surface area contributed by atoms with Gasteiger partial charge in [0.15, 0.2) is 0 Å². The van der Waals surface area contributed by atoms with Gasteiger partial charge in [0.25, 0.3) is 0 Å². The zero-order chi connectivity index (χ0) is 12.1. The number of hydrogen-bond donors (Lipinski definition) is 0. The van der Waals surface area contributed by atoms with Crippen molar-refractivity contribution in [3.05, 3.63) is 0 Å². The monoisotopic (exact) mass is 243 g/mol. The van der Waals surface area contributed by atoms with Crippen LogP contribution in [0.15, 0.2) is 0 Å². The number of ether oxygens (including phenoxy) is 3. The molecule has 0 aromatic rings. The van der Waals surface area contributed by atoms with Gasteiger partial charge in [-0.3, -0.25) is 9.69 Å². The van der Waals surface area contributed by atoms with Crippen molar-refractivity contribution < 1.29 is 19.0 Å². The van der Waals surface area contributed by atoms with E-state index >= 15 is 0 Å². The van der Waals surface area contributed by atoms with E-state index < -0.39 is 0 Å². The van der Waals surface area contributed by atoms with Crippen LogP contribution >= 0.6 is 0 Å². The van der Waals surface area contributed by atoms with Crippen molar-refractivity contribution in [1.82, 2.24) is 4.90 Å². The summed E-state index contributed by atoms with van der Waals surface area (Å²) in [5.74, 6) is -0.114. The first-order valence-electron chi connectivity index (χ1n) is 6.32. The zero-order valence-corrected chi connectivity index (χ0v) is 10.4. The Morgan fingerprint density at radius 2 is 2.29 bits per heavy atom. The van der Waals surface area contributed by atoms with Crippen LogP contribution in [0.3, 0.4) is 0 Å². The summed E-state index contributed by atoms with van der Waals surface area (Å²) in [5.41, 5.74) is 0. The molecule has 2 atom stereocenters. The Hall–Kier alpha value is -0.650. The molecule has 17 heavy (non-hydrogen) atoms. The topological polar surface area (TPSA) is 48.0 Å². The van der Waals surface area contributed by atoms with Gasteiger partial charge in [0.05, 0.1) is 19.8 Å². The van der Waals surface area contributed by atoms with Crippen molar-refractivity contribution in [1.29, 1.82) is 0 Å². The van der Waals surface area contributed by atoms with Gasteiger partial charge in [-0.25, -0.2) is 0 Å². The molecule has 5 heteroatoms. The summed E-state index contributed by atoms with van der Waals surface area (Å²) in [6, 6.07) is -0.0832. The summed E-state index contributed by atoms with van der Waals surface area (Å²) in [7, 11) is 1.46. The van der Waals surface area contributed by atoms with Gasteiger partial charge in [-0.2, -0.15) is 0 Å². The molecule has 0 aromatic heterocycles. The lowest BCUT2D eigenvalue weighted by Crippen LogP contribution is -2.49. The molecule has 5 nitrogen and oxygen atoms in total. The molecule has 2 heterocycles. The maximum Gasteiger partial charge on any atom is 0.323 e. The molecule has 2 fully saturated rings. The van der Waals surface area contributed by atoms with Crippen LogP contribution in [0, 0.1) is 0 Å². The van der Waals surface area contributed by atoms with Crippen LogP contribution in [0.1, 0.15) is 25.7 Å². The number of esters is 1. The molecule has 0 amide bonds. The molecule has 0 aromatic carbocycles. The van der Waals surface area contributed by atoms with Gasteiger partial charge in [0, 0.05) is 6.54 Å². The molecule has 0 N–H and O–H groups in total. The fourth-order valence-electron chi connectivity index (χ4n) is 2.52. The Morgan fingerprint density at radius 3 is 3.00 bits per heavy atom. The van der Waals surface area contributed by atoms with E-state index in [-0.39, 0.29) is 18.1 Å². The van der Waals surface area contributed by atoms with Gasteiger partial charge in [-0.1, -0.05) is 6.42 Å². The summed E-state index contributed by atoms with van der Waals surface area (Å²) in [5, 5.41) is 0. The lowest BCUT2D eigenvalue weighted by Gasteiger charge is -2.36. The van der Waals surface area contributed by atoms with Crippen molar-refractivity contribution in [2.24, 2.45) is 0 Å². The summed E-state index contributed by atoms with van der Waals surface area (Å²) in [6.07, 6.45) is 4.25. The van der Waals surface area contributed by atoms with Crippen molar-refractivity contribution in [3.8, 4) is 0 Å². The maximum absolute atomic E-state index is 11.7. The third-order valence-electron chi connectivity index (χ3n) is 3.50. The second kappa shape index (κ2) is 6.33. The SMILES string of the molecule is COC(=O)C1CCCCN1CC1CCOCO1. The average Bonchev–Trinajstić information content (AvgIpc) is 2.40. The Morgan fingerprint density at radius 1 is 1.41 bits per heavy atom. The number of nitrogens with zero attached hydrogens (tertiary/aromatic N) is 1. The fourth-order valence-corrected chi connectivity index (χ4v) is 2.52. The minimum atomic E-state index is -0.114. The maximum atomic E-state index is 11.7. The van der Waals surface area contributed by atoms with Crippen LogP contribution in [-0.2, 0) is 19.0 Å². The molecular formula is C12H21NO4. The summed E-state index contributed by atoms with van der Waals surface area (Å²) in [6.45, 7) is 2.90. The Balaban J connectivity index is 1.88. The fraction of sp³-hybridized carbons (Fsp3) is 0.917. The molecular weight excluding hydrogens is 222 g/mol. The standard InChI is InChI=1S/C12H21NO4/c1-15-12(14)11-4-2-3-6-13(11)8-10-5-7-16-9-17-10/h10-11H,2-9H2,1H3. The van der Waals surface area contributed by atoms with Gasteiger partial charge >= 0.3 is 5.97 Å². The summed E-state index contributed by atoms with van der Waals surface area (Å²) >= 11 is 0. The van der Waals surface area contributed by atoms with Gasteiger partial charge in [0.2, 0.25) is 0 Å². The predicted molar refractivity (Wildman–Crippen MR) is 61.5 cm³/mol. The van der Waals surface area contributed by atoms with E-state index in [1.807, 2.05) is 0 Å². The van der Waals surface area contributed by atoms with Crippen molar-refractivity contribution in [2.45, 2.75) is 37.8 Å². The second-order valence-corrected chi connectivity index (χ2v) is 4.63. The number of piperidine rings is 1. The van der Waals surface area contributed by atoms with Crippen LogP contribution in [-0.4, -0.2) is 56.6 Å². The predicted octanol–water partition coefficient (Wildman–Crippen LogP) is 0.777. The number of methoxy groups -OCH3 is 1. The zero-order valence-electron chi connectivity index (χ0n) is 10.4. The van der Waals surface area contributed by atoms with Gasteiger partial charge in [0.1, 0.15) is 12.8 Å². The molecule has 2 unspecified atom stereocenters. The molecule has 2 rings (SSSR count). The number of rotatable bonds is 3. The van der Waals surface area contributed by atoms with Crippen LogP contribution in [0.2, 0.25) is 0 Å². The molecule has 0 aliphatic carbocycles. The molecule has 0 spiro atoms. The Labute approximate surface area is 102 Å². The molecule has 2 aliphatic rings. The van der Waals surface area contributed by atoms with Gasteiger partial charge in [-0.05, 0) is 25.8 Å². The van der Waals surface area contributed by atoms with E-state index in [4.69, 9.17) is 14.2 Å². The first-order valence-corrected chi connectivity index (χ1v) is 6.32. The lowest BCUT2D eigenvalue weighted by atomic mass is 10.0. The van der Waals surface area contributed by atoms with E-state index in [0.717, 1.165) is 45.4 Å². The summed E-state index contributed by atoms with van der Waals surface area (Å²) < 4.78 is 15.5. The minimum Gasteiger partial charge on any atom is -0.468 e. The highest BCUT2D eigenvalue weighted by atomic mass is 16.7. The van der Waals surface area contributed by atoms with Crippen LogP contribution in [0.4, 0.5) is 0 Å². The first-order chi connectivity index (χ1) is 8.31. The molecule has 0 saturated carbocycles. The van der Waals surface area contributed by atoms with Gasteiger partial charge in [-0.15, -0.1) is 0 Å². The number of carbonyl (C=O) groups is 1. The normalized spacial score (nSPS) is 31.1. The van der Waals surface area contributed by atoms with E-state index in [2.05, 4.69) is 4.90 Å². The van der Waals surface area contributed by atoms with Crippen molar-refractivity contribution in [3.63, 3.8) is 0 Å². The molecule has 2 saturated heterocycles. The largest absolute Gasteiger partial charge is 0.468 e. The summed E-state index contributed by atoms with van der Waals surface area (Å²) in [4.78, 5) is 13.9. The molecule has 0 radical (unpaired) electrons. The van der Waals surface area contributed by atoms with E-state index in [0.29, 0.717) is 6.79 Å². The number of likely N-dealkylation sites (tertiary alicyclic amines) is 1. The number of hydrogen-bond acceptors (Lipinski definition) is 5. The first kappa shape index (κ1) is 12.8. The highest BCUT2D eigenvalue weighted by Crippen LogP contribution is 2.20. The molecule has 2 aliphatic heterocycles. The van der Waals surface area contributed by atoms with Crippen molar-refractivity contribution in [2.75, 3.05) is 33.6 Å². The van der Waals surface area contributed by atoms with E-state index in [1.165, 1.54) is 7.11 Å². The van der Waals surface area contributed by atoms with Crippen LogP contribution in [0.5, 0.6) is 0 Å². The van der Waals surface area contributed by atoms with Gasteiger partial charge < -0.3 is 14.2 Å².